The van der Waals surface area contributed by atoms with E-state index in [0.717, 1.165) is 40.7 Å². The van der Waals surface area contributed by atoms with Gasteiger partial charge in [-0.25, -0.2) is 4.39 Å². The topological polar surface area (TPSA) is 25.2 Å². The Morgan fingerprint density at radius 1 is 1.37 bits per heavy atom. The molecule has 100 valence electrons. The molecule has 0 amide bonds. The summed E-state index contributed by atoms with van der Waals surface area (Å²) in [6.07, 6.45) is 2.20. The van der Waals surface area contributed by atoms with Gasteiger partial charge < -0.3 is 9.67 Å². The number of aliphatic hydroxyl groups excluding tert-OH is 1. The maximum absolute atomic E-state index is 14.1. The minimum Gasteiger partial charge on any atom is -0.388 e. The summed E-state index contributed by atoms with van der Waals surface area (Å²) in [5, 5.41) is 10.0. The van der Waals surface area contributed by atoms with Crippen molar-refractivity contribution in [1.82, 2.24) is 4.57 Å². The maximum atomic E-state index is 14.1. The third-order valence-electron chi connectivity index (χ3n) is 3.72. The first-order valence-electron chi connectivity index (χ1n) is 6.42. The van der Waals surface area contributed by atoms with Crippen LogP contribution in [-0.4, -0.2) is 9.67 Å². The van der Waals surface area contributed by atoms with Gasteiger partial charge in [0, 0.05) is 21.4 Å². The van der Waals surface area contributed by atoms with Crippen LogP contribution >= 0.6 is 15.9 Å². The lowest BCUT2D eigenvalue weighted by atomic mass is 9.95. The van der Waals surface area contributed by atoms with Gasteiger partial charge >= 0.3 is 0 Å². The highest BCUT2D eigenvalue weighted by Gasteiger charge is 2.24. The van der Waals surface area contributed by atoms with E-state index in [-0.39, 0.29) is 5.82 Å². The van der Waals surface area contributed by atoms with Crippen molar-refractivity contribution in [2.24, 2.45) is 0 Å². The average Bonchev–Trinajstić information content (AvgIpc) is 2.68. The van der Waals surface area contributed by atoms with Gasteiger partial charge in [-0.15, -0.1) is 0 Å². The van der Waals surface area contributed by atoms with Crippen LogP contribution in [0.1, 0.15) is 35.9 Å². The molecule has 1 atom stereocenters. The summed E-state index contributed by atoms with van der Waals surface area (Å²) in [6, 6.07) is 7.05. The largest absolute Gasteiger partial charge is 0.388 e. The van der Waals surface area contributed by atoms with E-state index in [1.54, 1.807) is 6.07 Å². The molecular formula is C15H15BrFNO. The van der Waals surface area contributed by atoms with Gasteiger partial charge in [0.05, 0.1) is 11.8 Å². The normalized spacial score (nSPS) is 18.4. The Balaban J connectivity index is 2.20. The Kier molecular flexibility index (Phi) is 3.23. The zero-order valence-electron chi connectivity index (χ0n) is 10.7. The summed E-state index contributed by atoms with van der Waals surface area (Å²) in [5.74, 6) is -0.254. The van der Waals surface area contributed by atoms with Gasteiger partial charge in [-0.2, -0.15) is 0 Å². The predicted molar refractivity (Wildman–Crippen MR) is 76.1 cm³/mol. The number of halogens is 2. The molecule has 1 N–H and O–H groups in total. The molecule has 2 nitrogen and oxygen atoms in total. The fraction of sp³-hybridized carbons (Fsp3) is 0.333. The summed E-state index contributed by atoms with van der Waals surface area (Å²) in [7, 11) is 0. The van der Waals surface area contributed by atoms with Gasteiger partial charge in [-0.1, -0.05) is 15.9 Å². The van der Waals surface area contributed by atoms with Crippen molar-refractivity contribution in [2.75, 3.05) is 0 Å². The van der Waals surface area contributed by atoms with Crippen LogP contribution in [0.25, 0.3) is 5.69 Å². The minimum atomic E-state index is -0.415. The van der Waals surface area contributed by atoms with Crippen molar-refractivity contribution < 1.29 is 9.50 Å². The number of hydrogen-bond acceptors (Lipinski definition) is 1. The van der Waals surface area contributed by atoms with Crippen LogP contribution in [0.15, 0.2) is 28.7 Å². The first-order valence-corrected chi connectivity index (χ1v) is 7.22. The summed E-state index contributed by atoms with van der Waals surface area (Å²) in [4.78, 5) is 0. The van der Waals surface area contributed by atoms with Gasteiger partial charge in [-0.3, -0.25) is 0 Å². The quantitative estimate of drug-likeness (QED) is 0.841. The third kappa shape index (κ3) is 2.13. The van der Waals surface area contributed by atoms with Crippen molar-refractivity contribution >= 4 is 15.9 Å². The molecular weight excluding hydrogens is 309 g/mol. The fourth-order valence-corrected chi connectivity index (χ4v) is 3.21. The molecule has 1 unspecified atom stereocenters. The summed E-state index contributed by atoms with van der Waals surface area (Å²) in [6.45, 7) is 1.95. The van der Waals surface area contributed by atoms with Crippen molar-refractivity contribution in [1.29, 1.82) is 0 Å². The van der Waals surface area contributed by atoms with Crippen LogP contribution < -0.4 is 0 Å². The molecule has 3 rings (SSSR count). The van der Waals surface area contributed by atoms with E-state index in [2.05, 4.69) is 15.9 Å². The van der Waals surface area contributed by atoms with Gasteiger partial charge in [0.15, 0.2) is 0 Å². The predicted octanol–water partition coefficient (Wildman–Crippen LogP) is 4.06. The molecule has 0 radical (unpaired) electrons. The SMILES string of the molecule is Cc1cc2c(n1-c1ccc(Br)cc1F)CCCC2O. The zero-order valence-corrected chi connectivity index (χ0v) is 12.2. The molecule has 1 heterocycles. The number of benzene rings is 1. The van der Waals surface area contributed by atoms with E-state index in [1.807, 2.05) is 23.6 Å². The molecule has 2 aromatic rings. The molecule has 4 heteroatoms. The maximum Gasteiger partial charge on any atom is 0.148 e. The van der Waals surface area contributed by atoms with Gasteiger partial charge in [-0.05, 0) is 50.5 Å². The molecule has 19 heavy (non-hydrogen) atoms. The lowest BCUT2D eigenvalue weighted by Crippen LogP contribution is -2.12. The van der Waals surface area contributed by atoms with E-state index in [1.165, 1.54) is 6.07 Å². The minimum absolute atomic E-state index is 0.254. The molecule has 0 saturated heterocycles. The Morgan fingerprint density at radius 2 is 2.16 bits per heavy atom. The van der Waals surface area contributed by atoms with Crippen LogP contribution in [0.3, 0.4) is 0 Å². The second kappa shape index (κ2) is 4.76. The summed E-state index contributed by atoms with van der Waals surface area (Å²) < 4.78 is 16.8. The number of aryl methyl sites for hydroxylation is 1. The van der Waals surface area contributed by atoms with E-state index in [9.17, 15) is 9.50 Å². The molecule has 1 aromatic heterocycles. The number of aromatic nitrogens is 1. The van der Waals surface area contributed by atoms with Crippen LogP contribution in [0.5, 0.6) is 0 Å². The average molecular weight is 324 g/mol. The Hall–Kier alpha value is -1.13. The van der Waals surface area contributed by atoms with E-state index < -0.39 is 6.10 Å². The highest BCUT2D eigenvalue weighted by Crippen LogP contribution is 2.34. The van der Waals surface area contributed by atoms with Gasteiger partial charge in [0.25, 0.3) is 0 Å². The summed E-state index contributed by atoms with van der Waals surface area (Å²) in [5.41, 5.74) is 3.51. The highest BCUT2D eigenvalue weighted by atomic mass is 79.9. The van der Waals surface area contributed by atoms with Crippen molar-refractivity contribution in [3.05, 3.63) is 51.5 Å². The van der Waals surface area contributed by atoms with Crippen LogP contribution in [0.4, 0.5) is 4.39 Å². The third-order valence-corrected chi connectivity index (χ3v) is 4.21. The standard InChI is InChI=1S/C15H15BrFNO/c1-9-7-11-13(3-2-4-15(11)19)18(9)14-6-5-10(16)8-12(14)17/h5-8,15,19H,2-4H2,1H3. The molecule has 0 spiro atoms. The van der Waals surface area contributed by atoms with Gasteiger partial charge in [0.1, 0.15) is 5.82 Å². The molecule has 0 bridgehead atoms. The first kappa shape index (κ1) is 12.9. The molecule has 1 aliphatic carbocycles. The highest BCUT2D eigenvalue weighted by molar-refractivity contribution is 9.10. The molecule has 0 aliphatic heterocycles. The Morgan fingerprint density at radius 3 is 2.89 bits per heavy atom. The second-order valence-electron chi connectivity index (χ2n) is 5.03. The fourth-order valence-electron chi connectivity index (χ4n) is 2.88. The number of fused-ring (bicyclic) bond motifs is 1. The first-order chi connectivity index (χ1) is 9.08. The number of rotatable bonds is 1. The number of hydrogen-bond donors (Lipinski definition) is 1. The lowest BCUT2D eigenvalue weighted by molar-refractivity contribution is 0.156. The molecule has 0 saturated carbocycles. The monoisotopic (exact) mass is 323 g/mol. The van der Waals surface area contributed by atoms with Gasteiger partial charge in [0.2, 0.25) is 0 Å². The lowest BCUT2D eigenvalue weighted by Gasteiger charge is -2.20. The Bertz CT molecular complexity index is 635. The van der Waals surface area contributed by atoms with Crippen LogP contribution in [-0.2, 0) is 6.42 Å². The van der Waals surface area contributed by atoms with Crippen molar-refractivity contribution in [3.63, 3.8) is 0 Å². The summed E-state index contributed by atoms with van der Waals surface area (Å²) >= 11 is 3.27. The Labute approximate surface area is 120 Å². The van der Waals surface area contributed by atoms with E-state index in [4.69, 9.17) is 0 Å². The number of aliphatic hydroxyl groups is 1. The van der Waals surface area contributed by atoms with Crippen LogP contribution in [0, 0.1) is 12.7 Å². The van der Waals surface area contributed by atoms with Crippen molar-refractivity contribution in [3.8, 4) is 5.69 Å². The van der Waals surface area contributed by atoms with Crippen LogP contribution in [0.2, 0.25) is 0 Å². The molecule has 0 fully saturated rings. The molecule has 1 aromatic carbocycles. The smallest absolute Gasteiger partial charge is 0.148 e. The second-order valence-corrected chi connectivity index (χ2v) is 5.94. The molecule has 1 aliphatic rings. The zero-order chi connectivity index (χ0) is 13.6. The van der Waals surface area contributed by atoms with E-state index >= 15 is 0 Å². The van der Waals surface area contributed by atoms with Crippen molar-refractivity contribution in [2.45, 2.75) is 32.3 Å². The number of nitrogens with zero attached hydrogens (tertiary/aromatic N) is 1. The van der Waals surface area contributed by atoms with E-state index in [0.29, 0.717) is 5.69 Å².